The number of ether oxygens (including phenoxy) is 1. The molecule has 1 aliphatic rings. The summed E-state index contributed by atoms with van der Waals surface area (Å²) in [6, 6.07) is 0.870. The summed E-state index contributed by atoms with van der Waals surface area (Å²) in [6.07, 6.45) is 5.66. The summed E-state index contributed by atoms with van der Waals surface area (Å²) in [6.45, 7) is 2.89. The predicted molar refractivity (Wildman–Crippen MR) is 93.8 cm³/mol. The fourth-order valence-electron chi connectivity index (χ4n) is 3.06. The van der Waals surface area contributed by atoms with Crippen molar-refractivity contribution in [3.8, 4) is 0 Å². The van der Waals surface area contributed by atoms with E-state index >= 15 is 0 Å². The summed E-state index contributed by atoms with van der Waals surface area (Å²) in [7, 11) is 1.60. The van der Waals surface area contributed by atoms with Gasteiger partial charge in [-0.15, -0.1) is 0 Å². The van der Waals surface area contributed by atoms with Crippen molar-refractivity contribution in [1.29, 1.82) is 0 Å². The molecule has 8 heteroatoms. The Balaban J connectivity index is 1.79. The lowest BCUT2D eigenvalue weighted by molar-refractivity contribution is -0.123. The van der Waals surface area contributed by atoms with E-state index in [-0.39, 0.29) is 17.5 Å². The van der Waals surface area contributed by atoms with Crippen LogP contribution in [0, 0.1) is 5.92 Å². The third-order valence-electron chi connectivity index (χ3n) is 4.64. The summed E-state index contributed by atoms with van der Waals surface area (Å²) in [5.74, 6) is -1.25. The molecule has 0 spiro atoms. The van der Waals surface area contributed by atoms with Crippen LogP contribution >= 0.6 is 0 Å². The van der Waals surface area contributed by atoms with E-state index in [4.69, 9.17) is 4.74 Å². The van der Waals surface area contributed by atoms with Gasteiger partial charge in [-0.2, -0.15) is 0 Å². The molecular formula is C18H25N3O5. The zero-order chi connectivity index (χ0) is 19.3. The van der Waals surface area contributed by atoms with Crippen LogP contribution in [0.25, 0.3) is 0 Å². The van der Waals surface area contributed by atoms with Gasteiger partial charge >= 0.3 is 12.0 Å². The fourth-order valence-corrected chi connectivity index (χ4v) is 3.06. The van der Waals surface area contributed by atoms with Gasteiger partial charge < -0.3 is 14.6 Å². The van der Waals surface area contributed by atoms with Crippen LogP contribution in [-0.2, 0) is 16.6 Å². The number of Topliss-reactive ketones (excluding diaryl/α,β-unsaturated/α-hetero) is 1. The maximum atomic E-state index is 12.0. The summed E-state index contributed by atoms with van der Waals surface area (Å²) >= 11 is 0. The molecule has 0 aliphatic heterocycles. The molecule has 8 nitrogen and oxygen atoms in total. The number of rotatable bonds is 5. The quantitative estimate of drug-likeness (QED) is 0.613. The number of nitrogens with zero attached hydrogens (tertiary/aromatic N) is 1. The van der Waals surface area contributed by atoms with Crippen molar-refractivity contribution in [2.24, 2.45) is 13.0 Å². The monoisotopic (exact) mass is 363 g/mol. The molecule has 2 rings (SSSR count). The maximum Gasteiger partial charge on any atom is 0.355 e. The number of aromatic nitrogens is 1. The maximum absolute atomic E-state index is 12.0. The van der Waals surface area contributed by atoms with Gasteiger partial charge in [0.05, 0.1) is 0 Å². The molecule has 3 amide bonds. The number of hydrogen-bond acceptors (Lipinski definition) is 5. The molecule has 1 heterocycles. The Bertz CT molecular complexity index is 710. The number of carbonyl (C=O) groups is 4. The van der Waals surface area contributed by atoms with Crippen molar-refractivity contribution in [2.45, 2.75) is 45.6 Å². The second kappa shape index (κ2) is 8.64. The molecule has 2 atom stereocenters. The molecule has 0 radical (unpaired) electrons. The van der Waals surface area contributed by atoms with E-state index in [9.17, 15) is 19.2 Å². The minimum Gasteiger partial charge on any atom is -0.451 e. The lowest BCUT2D eigenvalue weighted by Gasteiger charge is -2.29. The van der Waals surface area contributed by atoms with Gasteiger partial charge in [0.1, 0.15) is 5.69 Å². The van der Waals surface area contributed by atoms with Gasteiger partial charge in [0.15, 0.2) is 12.4 Å². The molecule has 26 heavy (non-hydrogen) atoms. The Morgan fingerprint density at radius 3 is 2.54 bits per heavy atom. The standard InChI is InChI=1S/C18H25N3O5/c1-11-6-4-5-7-14(11)19-18(25)20-16(23)10-26-17(24)15-8-13(12(2)22)9-21(15)3/h8-9,11,14H,4-7,10H2,1-3H3,(H2,19,20,23,25)/t11-,14-/m1/s1. The predicted octanol–water partition coefficient (Wildman–Crippen LogP) is 1.79. The van der Waals surface area contributed by atoms with Crippen LogP contribution in [-0.4, -0.2) is 40.9 Å². The highest BCUT2D eigenvalue weighted by molar-refractivity contribution is 5.99. The summed E-state index contributed by atoms with van der Waals surface area (Å²) in [4.78, 5) is 47.0. The highest BCUT2D eigenvalue weighted by Crippen LogP contribution is 2.23. The van der Waals surface area contributed by atoms with Crippen LogP contribution in [0.3, 0.4) is 0 Å². The lowest BCUT2D eigenvalue weighted by Crippen LogP contribution is -2.48. The molecule has 1 aromatic heterocycles. The summed E-state index contributed by atoms with van der Waals surface area (Å²) in [5.41, 5.74) is 0.536. The van der Waals surface area contributed by atoms with Crippen LogP contribution in [0.2, 0.25) is 0 Å². The molecule has 0 aromatic carbocycles. The molecule has 2 N–H and O–H groups in total. The van der Waals surface area contributed by atoms with Crippen LogP contribution in [0.1, 0.15) is 60.4 Å². The Morgan fingerprint density at radius 1 is 1.23 bits per heavy atom. The van der Waals surface area contributed by atoms with Crippen molar-refractivity contribution in [2.75, 3.05) is 6.61 Å². The van der Waals surface area contributed by atoms with E-state index < -0.39 is 24.5 Å². The minimum atomic E-state index is -0.739. The number of imide groups is 1. The van der Waals surface area contributed by atoms with E-state index in [0.717, 1.165) is 25.7 Å². The number of carbonyl (C=O) groups excluding carboxylic acids is 4. The normalized spacial score (nSPS) is 19.5. The van der Waals surface area contributed by atoms with Gasteiger partial charge in [-0.05, 0) is 31.7 Å². The number of urea groups is 1. The van der Waals surface area contributed by atoms with Crippen LogP contribution in [0.15, 0.2) is 12.3 Å². The third-order valence-corrected chi connectivity index (χ3v) is 4.64. The number of amides is 3. The van der Waals surface area contributed by atoms with E-state index in [0.29, 0.717) is 11.5 Å². The molecule has 142 valence electrons. The van der Waals surface area contributed by atoms with Gasteiger partial charge in [0, 0.05) is 24.8 Å². The first-order valence-electron chi connectivity index (χ1n) is 8.72. The van der Waals surface area contributed by atoms with Crippen molar-refractivity contribution in [1.82, 2.24) is 15.2 Å². The van der Waals surface area contributed by atoms with E-state index in [1.807, 2.05) is 0 Å². The first-order chi connectivity index (χ1) is 12.3. The molecule has 1 saturated carbocycles. The largest absolute Gasteiger partial charge is 0.451 e. The van der Waals surface area contributed by atoms with Crippen LogP contribution in [0.4, 0.5) is 4.79 Å². The van der Waals surface area contributed by atoms with E-state index in [2.05, 4.69) is 17.6 Å². The number of esters is 1. The van der Waals surface area contributed by atoms with Gasteiger partial charge in [-0.3, -0.25) is 14.9 Å². The zero-order valence-corrected chi connectivity index (χ0v) is 15.3. The second-order valence-corrected chi connectivity index (χ2v) is 6.75. The molecular weight excluding hydrogens is 338 g/mol. The lowest BCUT2D eigenvalue weighted by atomic mass is 9.86. The van der Waals surface area contributed by atoms with Gasteiger partial charge in [0.25, 0.3) is 5.91 Å². The number of hydrogen-bond donors (Lipinski definition) is 2. The van der Waals surface area contributed by atoms with Crippen LogP contribution in [0.5, 0.6) is 0 Å². The van der Waals surface area contributed by atoms with Gasteiger partial charge in [0.2, 0.25) is 0 Å². The third kappa shape index (κ3) is 5.18. The molecule has 0 saturated heterocycles. The minimum absolute atomic E-state index is 0.0486. The first-order valence-corrected chi connectivity index (χ1v) is 8.72. The first kappa shape index (κ1) is 19.7. The summed E-state index contributed by atoms with van der Waals surface area (Å²) < 4.78 is 6.37. The zero-order valence-electron chi connectivity index (χ0n) is 15.3. The Kier molecular flexibility index (Phi) is 6.54. The summed E-state index contributed by atoms with van der Waals surface area (Å²) in [5, 5.41) is 4.96. The average molecular weight is 363 g/mol. The Hall–Kier alpha value is -2.64. The fraction of sp³-hybridized carbons (Fsp3) is 0.556. The molecule has 1 fully saturated rings. The Morgan fingerprint density at radius 2 is 1.92 bits per heavy atom. The smallest absolute Gasteiger partial charge is 0.355 e. The van der Waals surface area contributed by atoms with E-state index in [1.54, 1.807) is 7.05 Å². The topological polar surface area (TPSA) is 106 Å². The average Bonchev–Trinajstić information content (AvgIpc) is 2.97. The second-order valence-electron chi connectivity index (χ2n) is 6.75. The van der Waals surface area contributed by atoms with Crippen LogP contribution < -0.4 is 10.6 Å². The highest BCUT2D eigenvalue weighted by atomic mass is 16.5. The van der Waals surface area contributed by atoms with E-state index in [1.165, 1.54) is 23.8 Å². The van der Waals surface area contributed by atoms with Gasteiger partial charge in [-0.25, -0.2) is 9.59 Å². The Labute approximate surface area is 152 Å². The SMILES string of the molecule is CC(=O)c1cc(C(=O)OCC(=O)NC(=O)N[C@@H]2CCCC[C@H]2C)n(C)c1. The van der Waals surface area contributed by atoms with Crippen molar-refractivity contribution < 1.29 is 23.9 Å². The molecule has 0 bridgehead atoms. The molecule has 0 unspecified atom stereocenters. The van der Waals surface area contributed by atoms with Crippen molar-refractivity contribution in [3.63, 3.8) is 0 Å². The molecule has 1 aromatic rings. The molecule has 1 aliphatic carbocycles. The number of nitrogens with one attached hydrogen (secondary N) is 2. The van der Waals surface area contributed by atoms with Crippen molar-refractivity contribution >= 4 is 23.7 Å². The van der Waals surface area contributed by atoms with Gasteiger partial charge in [-0.1, -0.05) is 19.8 Å². The highest BCUT2D eigenvalue weighted by Gasteiger charge is 2.23. The number of aryl methyl sites for hydroxylation is 1. The van der Waals surface area contributed by atoms with Crippen molar-refractivity contribution in [3.05, 3.63) is 23.5 Å². The number of ketones is 1.